The molecule has 1 amide bonds. The Morgan fingerprint density at radius 1 is 1.71 bits per heavy atom. The Kier molecular flexibility index (Phi) is 3.52. The molecule has 0 bridgehead atoms. The summed E-state index contributed by atoms with van der Waals surface area (Å²) in [6.45, 7) is 2.78. The van der Waals surface area contributed by atoms with Gasteiger partial charge in [0, 0.05) is 24.7 Å². The van der Waals surface area contributed by atoms with Crippen molar-refractivity contribution < 1.29 is 9.90 Å². The summed E-state index contributed by atoms with van der Waals surface area (Å²) in [5.41, 5.74) is 0.296. The molecule has 2 atom stereocenters. The normalized spacial score (nSPS) is 24.0. The molecule has 1 saturated heterocycles. The fourth-order valence-corrected chi connectivity index (χ4v) is 2.69. The quantitative estimate of drug-likeness (QED) is 0.820. The number of likely N-dealkylation sites (tertiary alicyclic amines) is 1. The summed E-state index contributed by atoms with van der Waals surface area (Å²) in [4.78, 5) is 17.8. The highest BCUT2D eigenvalue weighted by Gasteiger charge is 2.34. The number of nitrogens with zero attached hydrogens (tertiary/aromatic N) is 2. The van der Waals surface area contributed by atoms with E-state index in [0.717, 1.165) is 6.42 Å². The third kappa shape index (κ3) is 2.22. The van der Waals surface area contributed by atoms with Crippen molar-refractivity contribution in [1.82, 2.24) is 9.88 Å². The van der Waals surface area contributed by atoms with E-state index < -0.39 is 0 Å². The molecule has 5 heteroatoms. The maximum Gasteiger partial charge on any atom is 0.258 e. The molecule has 17 heavy (non-hydrogen) atoms. The third-order valence-corrected chi connectivity index (χ3v) is 3.65. The van der Waals surface area contributed by atoms with Gasteiger partial charge in [0.2, 0.25) is 0 Å². The number of carbonyl (C=O) groups is 1. The van der Waals surface area contributed by atoms with Gasteiger partial charge in [0.1, 0.15) is 5.75 Å². The highest BCUT2D eigenvalue weighted by atomic mass is 35.5. The topological polar surface area (TPSA) is 53.4 Å². The first kappa shape index (κ1) is 12.2. The van der Waals surface area contributed by atoms with Crippen molar-refractivity contribution in [3.8, 4) is 5.75 Å². The number of pyridine rings is 1. The summed E-state index contributed by atoms with van der Waals surface area (Å²) in [6.07, 6.45) is 3.74. The summed E-state index contributed by atoms with van der Waals surface area (Å²) in [7, 11) is 0. The summed E-state index contributed by atoms with van der Waals surface area (Å²) in [6, 6.07) is 1.59. The van der Waals surface area contributed by atoms with E-state index in [-0.39, 0.29) is 17.7 Å². The molecule has 2 rings (SSSR count). The van der Waals surface area contributed by atoms with Gasteiger partial charge in [-0.2, -0.15) is 0 Å². The molecule has 4 nitrogen and oxygen atoms in total. The van der Waals surface area contributed by atoms with Crippen molar-refractivity contribution in [3.05, 3.63) is 24.0 Å². The summed E-state index contributed by atoms with van der Waals surface area (Å²) in [5.74, 6) is 0.587. The van der Waals surface area contributed by atoms with Crippen molar-refractivity contribution in [3.63, 3.8) is 0 Å². The van der Waals surface area contributed by atoms with Crippen molar-refractivity contribution in [1.29, 1.82) is 0 Å². The second-order valence-electron chi connectivity index (χ2n) is 4.38. The van der Waals surface area contributed by atoms with E-state index in [2.05, 4.69) is 11.9 Å². The third-order valence-electron chi connectivity index (χ3n) is 3.33. The average molecular weight is 255 g/mol. The standard InChI is InChI=1S/C12H15ClN2O2/c1-8-3-5-15(10(8)6-13)12(17)9-2-4-14-7-11(9)16/h2,4,7-8,10,16H,3,5-6H2,1H3. The molecule has 1 aliphatic rings. The van der Waals surface area contributed by atoms with Crippen LogP contribution < -0.4 is 0 Å². The number of alkyl halides is 1. The van der Waals surface area contributed by atoms with Gasteiger partial charge < -0.3 is 10.0 Å². The Morgan fingerprint density at radius 2 is 2.47 bits per heavy atom. The van der Waals surface area contributed by atoms with E-state index in [4.69, 9.17) is 11.6 Å². The van der Waals surface area contributed by atoms with Crippen molar-refractivity contribution in [2.45, 2.75) is 19.4 Å². The van der Waals surface area contributed by atoms with Crippen LogP contribution in [0.3, 0.4) is 0 Å². The molecule has 92 valence electrons. The van der Waals surface area contributed by atoms with E-state index >= 15 is 0 Å². The van der Waals surface area contributed by atoms with E-state index in [9.17, 15) is 9.90 Å². The Hall–Kier alpha value is -1.29. The second kappa shape index (κ2) is 4.92. The van der Waals surface area contributed by atoms with Gasteiger partial charge in [-0.05, 0) is 18.4 Å². The van der Waals surface area contributed by atoms with Crippen LogP contribution in [0.25, 0.3) is 0 Å². The lowest BCUT2D eigenvalue weighted by Gasteiger charge is -2.25. The highest BCUT2D eigenvalue weighted by molar-refractivity contribution is 6.18. The van der Waals surface area contributed by atoms with Gasteiger partial charge in [-0.25, -0.2) is 0 Å². The van der Waals surface area contributed by atoms with Crippen LogP contribution in [0.1, 0.15) is 23.7 Å². The zero-order valence-electron chi connectivity index (χ0n) is 9.64. The van der Waals surface area contributed by atoms with Crippen LogP contribution in [-0.4, -0.2) is 39.4 Å². The first-order valence-electron chi connectivity index (χ1n) is 5.65. The molecule has 2 heterocycles. The van der Waals surface area contributed by atoms with Crippen LogP contribution in [-0.2, 0) is 0 Å². The fourth-order valence-electron chi connectivity index (χ4n) is 2.22. The predicted molar refractivity (Wildman–Crippen MR) is 65.2 cm³/mol. The number of rotatable bonds is 2. The van der Waals surface area contributed by atoms with E-state index in [1.165, 1.54) is 18.5 Å². The Labute approximate surface area is 105 Å². The van der Waals surface area contributed by atoms with Gasteiger partial charge in [0.15, 0.2) is 0 Å². The molecule has 0 aromatic carbocycles. The molecule has 1 aliphatic heterocycles. The molecule has 0 radical (unpaired) electrons. The van der Waals surface area contributed by atoms with Crippen molar-refractivity contribution >= 4 is 17.5 Å². The monoisotopic (exact) mass is 254 g/mol. The highest BCUT2D eigenvalue weighted by Crippen LogP contribution is 2.28. The smallest absolute Gasteiger partial charge is 0.258 e. The van der Waals surface area contributed by atoms with Crippen LogP contribution in [0.2, 0.25) is 0 Å². The molecule has 2 unspecified atom stereocenters. The summed E-state index contributed by atoms with van der Waals surface area (Å²) >= 11 is 5.90. The molecule has 0 saturated carbocycles. The van der Waals surface area contributed by atoms with Gasteiger partial charge >= 0.3 is 0 Å². The van der Waals surface area contributed by atoms with Gasteiger partial charge in [0.05, 0.1) is 11.8 Å². The van der Waals surface area contributed by atoms with Crippen LogP contribution in [0.5, 0.6) is 5.75 Å². The van der Waals surface area contributed by atoms with Crippen LogP contribution >= 0.6 is 11.6 Å². The van der Waals surface area contributed by atoms with Gasteiger partial charge in [-0.15, -0.1) is 11.6 Å². The number of carbonyl (C=O) groups excluding carboxylic acids is 1. The molecule has 1 aromatic rings. The molecular weight excluding hydrogens is 240 g/mol. The van der Waals surface area contributed by atoms with Crippen molar-refractivity contribution in [2.75, 3.05) is 12.4 Å². The lowest BCUT2D eigenvalue weighted by molar-refractivity contribution is 0.0734. The molecule has 1 N–H and O–H groups in total. The molecular formula is C12H15ClN2O2. The van der Waals surface area contributed by atoms with E-state index in [0.29, 0.717) is 23.9 Å². The maximum atomic E-state index is 12.3. The van der Waals surface area contributed by atoms with E-state index in [1.807, 2.05) is 0 Å². The van der Waals surface area contributed by atoms with Gasteiger partial charge in [-0.3, -0.25) is 9.78 Å². The van der Waals surface area contributed by atoms with E-state index in [1.54, 1.807) is 4.90 Å². The minimum Gasteiger partial charge on any atom is -0.505 e. The minimum absolute atomic E-state index is 0.0525. The molecule has 0 spiro atoms. The minimum atomic E-state index is -0.167. The second-order valence-corrected chi connectivity index (χ2v) is 4.69. The number of aromatic hydroxyl groups is 1. The molecule has 1 fully saturated rings. The Bertz CT molecular complexity index is 425. The number of hydrogen-bond acceptors (Lipinski definition) is 3. The first-order chi connectivity index (χ1) is 8.15. The largest absolute Gasteiger partial charge is 0.505 e. The van der Waals surface area contributed by atoms with Crippen LogP contribution in [0.15, 0.2) is 18.5 Å². The fraction of sp³-hybridized carbons (Fsp3) is 0.500. The van der Waals surface area contributed by atoms with Crippen molar-refractivity contribution in [2.24, 2.45) is 5.92 Å². The van der Waals surface area contributed by atoms with Gasteiger partial charge in [-0.1, -0.05) is 6.92 Å². The number of halogens is 1. The molecule has 1 aromatic heterocycles. The lowest BCUT2D eigenvalue weighted by Crippen LogP contribution is -2.38. The average Bonchev–Trinajstić information content (AvgIpc) is 2.70. The summed E-state index contributed by atoms with van der Waals surface area (Å²) in [5, 5.41) is 9.62. The SMILES string of the molecule is CC1CCN(C(=O)c2ccncc2O)C1CCl. The zero-order valence-corrected chi connectivity index (χ0v) is 10.4. The molecule has 0 aliphatic carbocycles. The maximum absolute atomic E-state index is 12.3. The van der Waals surface area contributed by atoms with Crippen LogP contribution in [0.4, 0.5) is 0 Å². The summed E-state index contributed by atoms with van der Waals surface area (Å²) < 4.78 is 0. The predicted octanol–water partition coefficient (Wildman–Crippen LogP) is 1.88. The number of aromatic nitrogens is 1. The first-order valence-corrected chi connectivity index (χ1v) is 6.18. The lowest BCUT2D eigenvalue weighted by atomic mass is 10.0. The van der Waals surface area contributed by atoms with Crippen LogP contribution in [0, 0.1) is 5.92 Å². The Morgan fingerprint density at radius 3 is 3.12 bits per heavy atom. The zero-order chi connectivity index (χ0) is 12.4. The Balaban J connectivity index is 2.24. The number of hydrogen-bond donors (Lipinski definition) is 1. The van der Waals surface area contributed by atoms with Gasteiger partial charge in [0.25, 0.3) is 5.91 Å². The number of amides is 1.